The summed E-state index contributed by atoms with van der Waals surface area (Å²) >= 11 is 0. The van der Waals surface area contributed by atoms with E-state index in [4.69, 9.17) is 0 Å². The zero-order valence-corrected chi connectivity index (χ0v) is 26.8. The quantitative estimate of drug-likeness (QED) is 0.0626. The highest BCUT2D eigenvalue weighted by atomic mass is 31.1. The molecule has 0 aliphatic heterocycles. The van der Waals surface area contributed by atoms with Crippen molar-refractivity contribution < 1.29 is 28.6 Å². The predicted molar refractivity (Wildman–Crippen MR) is 163 cm³/mol. The lowest BCUT2D eigenvalue weighted by atomic mass is 10.0. The first kappa shape index (κ1) is 37.8. The van der Waals surface area contributed by atoms with E-state index in [1.807, 2.05) is 21.1 Å². The van der Waals surface area contributed by atoms with Crippen LogP contribution in [0, 0.1) is 0 Å². The Morgan fingerprint density at radius 1 is 0.667 bits per heavy atom. The zero-order valence-electron chi connectivity index (χ0n) is 25.9. The normalized spacial score (nSPS) is 13.2. The number of hydrogen-bond acceptors (Lipinski definition) is 5. The Kier molecular flexibility index (Phi) is 22.8. The minimum absolute atomic E-state index is 0.0136. The van der Waals surface area contributed by atoms with Gasteiger partial charge in [-0.15, -0.1) is 0 Å². The van der Waals surface area contributed by atoms with Crippen molar-refractivity contribution in [3.63, 3.8) is 0 Å². The molecule has 0 fully saturated rings. The Balaban J connectivity index is 4.21. The Morgan fingerprint density at radius 3 is 1.62 bits per heavy atom. The van der Waals surface area contributed by atoms with Crippen molar-refractivity contribution in [2.24, 2.45) is 0 Å². The van der Waals surface area contributed by atoms with Crippen LogP contribution in [0.2, 0.25) is 0 Å². The number of amides is 1. The maximum Gasteiger partial charge on any atom is 0.219 e. The number of nitrogens with one attached hydrogen (secondary N) is 1. The Labute approximate surface area is 240 Å². The van der Waals surface area contributed by atoms with Crippen LogP contribution in [0.4, 0.5) is 0 Å². The van der Waals surface area contributed by atoms with Gasteiger partial charge in [0.25, 0.3) is 0 Å². The van der Waals surface area contributed by atoms with Gasteiger partial charge in [0.2, 0.25) is 5.91 Å². The van der Waals surface area contributed by atoms with Gasteiger partial charge in [0.05, 0.1) is 27.7 Å². The number of unbranched alkanes of at least 4 members (excludes halogenated alkanes) is 13. The van der Waals surface area contributed by atoms with Gasteiger partial charge in [0.15, 0.2) is 19.2 Å². The second-order valence-corrected chi connectivity index (χ2v) is 13.7. The van der Waals surface area contributed by atoms with E-state index in [0.717, 1.165) is 25.8 Å². The summed E-state index contributed by atoms with van der Waals surface area (Å²) in [5, 5.41) is 2.74. The average molecular weight is 572 g/mol. The molecule has 2 unspecified atom stereocenters. The van der Waals surface area contributed by atoms with Crippen molar-refractivity contribution in [1.82, 2.24) is 5.32 Å². The van der Waals surface area contributed by atoms with Gasteiger partial charge in [0, 0.05) is 44.6 Å². The summed E-state index contributed by atoms with van der Waals surface area (Å²) in [6, 6.07) is -0.666. The summed E-state index contributed by atoms with van der Waals surface area (Å²) in [5.74, 6) is -0.228. The molecule has 8 heteroatoms. The van der Waals surface area contributed by atoms with Crippen LogP contribution < -0.4 is 5.32 Å². The molecule has 7 nitrogen and oxygen atoms in total. The highest BCUT2D eigenvalue weighted by molar-refractivity contribution is 7.84. The average Bonchev–Trinajstić information content (AvgIpc) is 2.87. The van der Waals surface area contributed by atoms with Crippen LogP contribution in [-0.2, 0) is 19.2 Å². The van der Waals surface area contributed by atoms with Gasteiger partial charge >= 0.3 is 0 Å². The fourth-order valence-electron chi connectivity index (χ4n) is 4.64. The van der Waals surface area contributed by atoms with Crippen LogP contribution in [0.3, 0.4) is 0 Å². The number of Topliss-reactive ketones (excluding diaryl/α,β-unsaturated/α-hetero) is 1. The van der Waals surface area contributed by atoms with Crippen LogP contribution in [0.15, 0.2) is 0 Å². The van der Waals surface area contributed by atoms with Crippen LogP contribution in [-0.4, -0.2) is 65.8 Å². The first-order valence-electron chi connectivity index (χ1n) is 15.7. The van der Waals surface area contributed by atoms with E-state index in [-0.39, 0.29) is 37.4 Å². The molecule has 0 radical (unpaired) electrons. The SMILES string of the molecule is CCCCCCCCCCCCCCCCC(=O)CC(CC(=O)P(O)C(=O)CCC[N+](C)(C)C)NC(=O)CC. The molecule has 0 saturated carbocycles. The zero-order chi connectivity index (χ0) is 29.5. The van der Waals surface area contributed by atoms with E-state index >= 15 is 0 Å². The van der Waals surface area contributed by atoms with E-state index in [2.05, 4.69) is 12.2 Å². The molecule has 39 heavy (non-hydrogen) atoms. The van der Waals surface area contributed by atoms with Crippen LogP contribution in [0.25, 0.3) is 0 Å². The molecule has 0 aliphatic rings. The minimum atomic E-state index is -2.41. The van der Waals surface area contributed by atoms with Crippen molar-refractivity contribution in [3.05, 3.63) is 0 Å². The third-order valence-electron chi connectivity index (χ3n) is 7.08. The molecule has 0 heterocycles. The number of hydrogen-bond donors (Lipinski definition) is 2. The second kappa shape index (κ2) is 23.5. The van der Waals surface area contributed by atoms with E-state index in [1.165, 1.54) is 70.6 Å². The molecule has 1 amide bonds. The topological polar surface area (TPSA) is 101 Å². The fourth-order valence-corrected chi connectivity index (χ4v) is 5.69. The van der Waals surface area contributed by atoms with Crippen molar-refractivity contribution in [2.75, 3.05) is 27.7 Å². The summed E-state index contributed by atoms with van der Waals surface area (Å²) < 4.78 is 0.705. The van der Waals surface area contributed by atoms with Gasteiger partial charge in [-0.05, 0) is 6.42 Å². The van der Waals surface area contributed by atoms with E-state index in [0.29, 0.717) is 17.3 Å². The van der Waals surface area contributed by atoms with Crippen LogP contribution in [0.1, 0.15) is 142 Å². The highest BCUT2D eigenvalue weighted by Gasteiger charge is 2.28. The van der Waals surface area contributed by atoms with Crippen LogP contribution in [0.5, 0.6) is 0 Å². The number of quaternary nitrogens is 1. The summed E-state index contributed by atoms with van der Waals surface area (Å²) in [6.07, 6.45) is 18.9. The monoisotopic (exact) mass is 571 g/mol. The molecule has 0 aliphatic carbocycles. The molecule has 0 saturated heterocycles. The first-order chi connectivity index (χ1) is 18.5. The Hall–Kier alpha value is -1.17. The first-order valence-corrected chi connectivity index (χ1v) is 17.0. The third kappa shape index (κ3) is 23.3. The minimum Gasteiger partial charge on any atom is -0.360 e. The van der Waals surface area contributed by atoms with Crippen molar-refractivity contribution in [1.29, 1.82) is 0 Å². The molecular formula is C31H60N2O5P+. The van der Waals surface area contributed by atoms with Gasteiger partial charge in [0.1, 0.15) is 5.78 Å². The summed E-state index contributed by atoms with van der Waals surface area (Å²) in [4.78, 5) is 59.7. The molecule has 228 valence electrons. The standard InChI is InChI=1S/C31H59N2O5P/c1-6-8-9-10-11-12-13-14-15-16-17-18-19-20-22-28(34)25-27(32-29(35)7-2)26-31(37)39(38)30(36)23-21-24-33(3,4)5/h27,38H,6-26H2,1-5H3/p+1. The van der Waals surface area contributed by atoms with Crippen molar-refractivity contribution >= 4 is 30.9 Å². The molecule has 2 atom stereocenters. The highest BCUT2D eigenvalue weighted by Crippen LogP contribution is 2.36. The lowest BCUT2D eigenvalue weighted by Gasteiger charge is -2.23. The molecular weight excluding hydrogens is 511 g/mol. The predicted octanol–water partition coefficient (Wildman–Crippen LogP) is 7.03. The smallest absolute Gasteiger partial charge is 0.219 e. The van der Waals surface area contributed by atoms with E-state index < -0.39 is 25.2 Å². The van der Waals surface area contributed by atoms with Gasteiger partial charge in [-0.1, -0.05) is 97.3 Å². The largest absolute Gasteiger partial charge is 0.360 e. The lowest BCUT2D eigenvalue weighted by molar-refractivity contribution is -0.870. The number of nitrogens with zero attached hydrogens (tertiary/aromatic N) is 1. The van der Waals surface area contributed by atoms with Gasteiger partial charge < -0.3 is 14.7 Å². The fraction of sp³-hybridized carbons (Fsp3) is 0.871. The third-order valence-corrected chi connectivity index (χ3v) is 8.43. The van der Waals surface area contributed by atoms with Gasteiger partial charge in [-0.2, -0.15) is 0 Å². The van der Waals surface area contributed by atoms with Crippen molar-refractivity contribution in [2.45, 2.75) is 148 Å². The summed E-state index contributed by atoms with van der Waals surface area (Å²) in [5.41, 5.74) is -0.997. The maximum absolute atomic E-state index is 12.6. The van der Waals surface area contributed by atoms with Crippen molar-refractivity contribution in [3.8, 4) is 0 Å². The molecule has 0 rings (SSSR count). The lowest BCUT2D eigenvalue weighted by Crippen LogP contribution is -2.37. The summed E-state index contributed by atoms with van der Waals surface area (Å²) in [7, 11) is 3.65. The molecule has 0 spiro atoms. The second-order valence-electron chi connectivity index (χ2n) is 12.1. The Bertz CT molecular complexity index is 693. The van der Waals surface area contributed by atoms with Gasteiger partial charge in [-0.3, -0.25) is 19.2 Å². The molecule has 0 aromatic rings. The number of ketones is 1. The van der Waals surface area contributed by atoms with E-state index in [9.17, 15) is 24.1 Å². The van der Waals surface area contributed by atoms with Gasteiger partial charge in [-0.25, -0.2) is 0 Å². The molecule has 0 bridgehead atoms. The van der Waals surface area contributed by atoms with Crippen LogP contribution >= 0.6 is 8.15 Å². The number of rotatable bonds is 27. The summed E-state index contributed by atoms with van der Waals surface area (Å²) in [6.45, 7) is 4.73. The Morgan fingerprint density at radius 2 is 1.15 bits per heavy atom. The molecule has 2 N–H and O–H groups in total. The van der Waals surface area contributed by atoms with E-state index in [1.54, 1.807) is 6.92 Å². The molecule has 0 aromatic carbocycles. The number of carbonyl (C=O) groups is 4. The number of carbonyl (C=O) groups excluding carboxylic acids is 4. The maximum atomic E-state index is 12.6. The molecule has 0 aromatic heterocycles.